The maximum atomic E-state index is 13.0. The predicted octanol–water partition coefficient (Wildman–Crippen LogP) is 5.05. The molecule has 0 aliphatic carbocycles. The Balaban J connectivity index is 2.25. The summed E-state index contributed by atoms with van der Waals surface area (Å²) in [4.78, 5) is 7.51. The van der Waals surface area contributed by atoms with Crippen LogP contribution in [0.25, 0.3) is 0 Å². The second-order valence-electron chi connectivity index (χ2n) is 5.44. The first kappa shape index (κ1) is 19.7. The molecule has 0 amide bonds. The summed E-state index contributed by atoms with van der Waals surface area (Å²) in [5.74, 6) is -0.307. The van der Waals surface area contributed by atoms with Gasteiger partial charge in [-0.1, -0.05) is 6.92 Å². The molecule has 5 nitrogen and oxygen atoms in total. The number of halogens is 5. The number of hydrogen-bond donors (Lipinski definition) is 2. The number of nitrogens with zero attached hydrogens (tertiary/aromatic N) is 2. The Morgan fingerprint density at radius 2 is 1.77 bits per heavy atom. The van der Waals surface area contributed by atoms with Gasteiger partial charge in [0.25, 0.3) is 0 Å². The monoisotopic (exact) mass is 376 g/mol. The van der Waals surface area contributed by atoms with Gasteiger partial charge in [0.05, 0.1) is 0 Å². The van der Waals surface area contributed by atoms with Crippen LogP contribution >= 0.6 is 0 Å². The first-order valence-electron chi connectivity index (χ1n) is 7.72. The van der Waals surface area contributed by atoms with Crippen LogP contribution in [-0.4, -0.2) is 22.6 Å². The van der Waals surface area contributed by atoms with Crippen molar-refractivity contribution in [2.45, 2.75) is 39.1 Å². The van der Waals surface area contributed by atoms with E-state index >= 15 is 0 Å². The molecule has 0 saturated heterocycles. The molecule has 2 N–H and O–H groups in total. The molecule has 0 fully saturated rings. The van der Waals surface area contributed by atoms with E-state index < -0.39 is 18.5 Å². The number of hydrogen-bond acceptors (Lipinski definition) is 5. The molecule has 1 aromatic carbocycles. The van der Waals surface area contributed by atoms with Gasteiger partial charge >= 0.3 is 12.8 Å². The molecule has 26 heavy (non-hydrogen) atoms. The largest absolute Gasteiger partial charge is 0.435 e. The number of nitrogens with one attached hydrogen (secondary N) is 2. The van der Waals surface area contributed by atoms with Crippen LogP contribution in [0.2, 0.25) is 0 Å². The molecule has 10 heteroatoms. The molecule has 0 spiro atoms. The molecule has 142 valence electrons. The smallest absolute Gasteiger partial charge is 0.433 e. The van der Waals surface area contributed by atoms with Crippen molar-refractivity contribution in [3.8, 4) is 5.75 Å². The van der Waals surface area contributed by atoms with E-state index in [4.69, 9.17) is 0 Å². The van der Waals surface area contributed by atoms with Gasteiger partial charge in [-0.05, 0) is 37.6 Å². The van der Waals surface area contributed by atoms with Crippen molar-refractivity contribution < 1.29 is 26.7 Å². The van der Waals surface area contributed by atoms with E-state index in [0.29, 0.717) is 12.1 Å². The standard InChI is InChI=1S/C16H17F5N4O/c1-3-9(2)22-15-24-12(16(19,20)21)8-13(25-15)23-10-4-6-11(7-5-10)26-14(17)18/h4-9,14H,3H2,1-2H3,(H2,22,23,24,25)/t9-/m0/s1. The molecular formula is C16H17F5N4O. The van der Waals surface area contributed by atoms with Gasteiger partial charge < -0.3 is 15.4 Å². The van der Waals surface area contributed by atoms with Gasteiger partial charge in [0.15, 0.2) is 5.69 Å². The summed E-state index contributed by atoms with van der Waals surface area (Å²) >= 11 is 0. The van der Waals surface area contributed by atoms with Crippen LogP contribution < -0.4 is 15.4 Å². The van der Waals surface area contributed by atoms with Crippen LogP contribution in [0, 0.1) is 0 Å². The minimum Gasteiger partial charge on any atom is -0.435 e. The molecule has 1 aromatic heterocycles. The van der Waals surface area contributed by atoms with Crippen molar-refractivity contribution in [3.05, 3.63) is 36.0 Å². The Bertz CT molecular complexity index is 722. The van der Waals surface area contributed by atoms with E-state index in [2.05, 4.69) is 25.3 Å². The van der Waals surface area contributed by atoms with Crippen molar-refractivity contribution in [1.29, 1.82) is 0 Å². The van der Waals surface area contributed by atoms with Crippen LogP contribution in [0.1, 0.15) is 26.0 Å². The summed E-state index contributed by atoms with van der Waals surface area (Å²) in [6.07, 6.45) is -3.96. The topological polar surface area (TPSA) is 59.1 Å². The van der Waals surface area contributed by atoms with Crippen molar-refractivity contribution >= 4 is 17.5 Å². The second-order valence-corrected chi connectivity index (χ2v) is 5.44. The van der Waals surface area contributed by atoms with Crippen LogP contribution in [0.15, 0.2) is 30.3 Å². The Morgan fingerprint density at radius 1 is 1.12 bits per heavy atom. The molecule has 1 heterocycles. The maximum Gasteiger partial charge on any atom is 0.433 e. The Morgan fingerprint density at radius 3 is 2.31 bits per heavy atom. The van der Waals surface area contributed by atoms with Gasteiger partial charge in [0.1, 0.15) is 11.6 Å². The molecule has 2 aromatic rings. The lowest BCUT2D eigenvalue weighted by Gasteiger charge is -2.15. The van der Waals surface area contributed by atoms with Crippen molar-refractivity contribution in [3.63, 3.8) is 0 Å². The minimum atomic E-state index is -4.64. The molecule has 0 aliphatic rings. The van der Waals surface area contributed by atoms with E-state index in [0.717, 1.165) is 6.07 Å². The molecule has 0 aliphatic heterocycles. The fourth-order valence-corrected chi connectivity index (χ4v) is 1.91. The van der Waals surface area contributed by atoms with Gasteiger partial charge in [-0.15, -0.1) is 0 Å². The van der Waals surface area contributed by atoms with E-state index in [9.17, 15) is 22.0 Å². The number of alkyl halides is 5. The summed E-state index contributed by atoms with van der Waals surface area (Å²) < 4.78 is 67.6. The third-order valence-electron chi connectivity index (χ3n) is 3.36. The summed E-state index contributed by atoms with van der Waals surface area (Å²) in [5.41, 5.74) is -0.744. The lowest BCUT2D eigenvalue weighted by molar-refractivity contribution is -0.141. The highest BCUT2D eigenvalue weighted by molar-refractivity contribution is 5.58. The van der Waals surface area contributed by atoms with Crippen molar-refractivity contribution in [2.75, 3.05) is 10.6 Å². The average molecular weight is 376 g/mol. The fourth-order valence-electron chi connectivity index (χ4n) is 1.91. The van der Waals surface area contributed by atoms with E-state index in [1.807, 2.05) is 6.92 Å². The number of aromatic nitrogens is 2. The fraction of sp³-hybridized carbons (Fsp3) is 0.375. The molecule has 2 rings (SSSR count). The summed E-state index contributed by atoms with van der Waals surface area (Å²) in [7, 11) is 0. The molecule has 0 saturated carbocycles. The Hall–Kier alpha value is -2.65. The van der Waals surface area contributed by atoms with E-state index in [1.54, 1.807) is 6.92 Å². The number of anilines is 3. The average Bonchev–Trinajstić information content (AvgIpc) is 2.55. The van der Waals surface area contributed by atoms with Crippen LogP contribution in [0.5, 0.6) is 5.75 Å². The lowest BCUT2D eigenvalue weighted by atomic mass is 10.2. The normalized spacial score (nSPS) is 12.8. The molecule has 0 bridgehead atoms. The van der Waals surface area contributed by atoms with Crippen LogP contribution in [0.3, 0.4) is 0 Å². The third kappa shape index (κ3) is 5.71. The van der Waals surface area contributed by atoms with Gasteiger partial charge in [-0.2, -0.15) is 26.9 Å². The summed E-state index contributed by atoms with van der Waals surface area (Å²) in [6.45, 7) is 0.700. The zero-order valence-corrected chi connectivity index (χ0v) is 13.9. The number of rotatable bonds is 7. The molecule has 0 unspecified atom stereocenters. The van der Waals surface area contributed by atoms with Gasteiger partial charge in [0, 0.05) is 17.8 Å². The van der Waals surface area contributed by atoms with Crippen molar-refractivity contribution in [1.82, 2.24) is 9.97 Å². The SMILES string of the molecule is CC[C@H](C)Nc1nc(Nc2ccc(OC(F)F)cc2)cc(C(F)(F)F)n1. The number of benzene rings is 1. The highest BCUT2D eigenvalue weighted by Crippen LogP contribution is 2.31. The van der Waals surface area contributed by atoms with Crippen LogP contribution in [-0.2, 0) is 6.18 Å². The van der Waals surface area contributed by atoms with Gasteiger partial charge in [-0.3, -0.25) is 0 Å². The first-order valence-corrected chi connectivity index (χ1v) is 7.72. The highest BCUT2D eigenvalue weighted by atomic mass is 19.4. The zero-order chi connectivity index (χ0) is 19.3. The quantitative estimate of drug-likeness (QED) is 0.662. The van der Waals surface area contributed by atoms with E-state index in [-0.39, 0.29) is 23.6 Å². The van der Waals surface area contributed by atoms with Gasteiger partial charge in [-0.25, -0.2) is 4.98 Å². The van der Waals surface area contributed by atoms with Crippen molar-refractivity contribution in [2.24, 2.45) is 0 Å². The summed E-state index contributed by atoms with van der Waals surface area (Å²) in [6, 6.07) is 5.95. The highest BCUT2D eigenvalue weighted by Gasteiger charge is 2.33. The minimum absolute atomic E-state index is 0.0663. The summed E-state index contributed by atoms with van der Waals surface area (Å²) in [5, 5.41) is 5.49. The second kappa shape index (κ2) is 8.15. The molecule has 0 radical (unpaired) electrons. The number of ether oxygens (including phenoxy) is 1. The Labute approximate surface area is 146 Å². The van der Waals surface area contributed by atoms with Gasteiger partial charge in [0.2, 0.25) is 5.95 Å². The Kier molecular flexibility index (Phi) is 6.17. The molecular weight excluding hydrogens is 359 g/mol. The zero-order valence-electron chi connectivity index (χ0n) is 13.9. The maximum absolute atomic E-state index is 13.0. The van der Waals surface area contributed by atoms with E-state index in [1.165, 1.54) is 24.3 Å². The third-order valence-corrected chi connectivity index (χ3v) is 3.36. The lowest BCUT2D eigenvalue weighted by Crippen LogP contribution is -2.18. The predicted molar refractivity (Wildman–Crippen MR) is 86.8 cm³/mol. The molecule has 1 atom stereocenters. The van der Waals surface area contributed by atoms with Crippen LogP contribution in [0.4, 0.5) is 39.4 Å². The first-order chi connectivity index (χ1) is 12.2.